The van der Waals surface area contributed by atoms with Crippen LogP contribution in [0.1, 0.15) is 24.8 Å². The number of ether oxygens (including phenoxy) is 4. The number of methoxy groups -OCH3 is 1. The molecule has 0 aromatic heterocycles. The Kier molecular flexibility index (Phi) is 6.67. The minimum atomic E-state index is -0.288. The maximum absolute atomic E-state index is 11.6. The molecule has 0 saturated carbocycles. The van der Waals surface area contributed by atoms with Gasteiger partial charge in [-0.05, 0) is 36.8 Å². The highest BCUT2D eigenvalue weighted by molar-refractivity contribution is 6.30. The monoisotopic (exact) mass is 400 g/mol. The summed E-state index contributed by atoms with van der Waals surface area (Å²) in [5, 5.41) is 0.607. The van der Waals surface area contributed by atoms with Crippen molar-refractivity contribution in [1.82, 2.24) is 0 Å². The topological polar surface area (TPSA) is 54.0 Å². The number of hydrogen-bond donors (Lipinski definition) is 0. The van der Waals surface area contributed by atoms with Gasteiger partial charge in [0.25, 0.3) is 0 Å². The van der Waals surface area contributed by atoms with Crippen molar-refractivity contribution in [1.29, 1.82) is 0 Å². The summed E-state index contributed by atoms with van der Waals surface area (Å²) in [4.78, 5) is 11.6. The van der Waals surface area contributed by atoms with Crippen molar-refractivity contribution in [3.05, 3.63) is 53.1 Å². The maximum Gasteiger partial charge on any atom is 0.307 e. The van der Waals surface area contributed by atoms with E-state index in [4.69, 9.17) is 30.5 Å². The zero-order valence-corrected chi connectivity index (χ0v) is 16.5. The van der Waals surface area contributed by atoms with Crippen molar-refractivity contribution in [3.63, 3.8) is 0 Å². The number of halogens is 1. The van der Waals surface area contributed by atoms with E-state index in [1.807, 2.05) is 24.3 Å². The van der Waals surface area contributed by atoms with E-state index in [2.05, 4.69) is 11.8 Å². The molecule has 28 heavy (non-hydrogen) atoms. The summed E-state index contributed by atoms with van der Waals surface area (Å²) >= 11 is 5.95. The molecule has 0 radical (unpaired) electrons. The first-order chi connectivity index (χ1) is 13.6. The molecule has 0 N–H and O–H groups in total. The second-order valence-corrected chi connectivity index (χ2v) is 6.69. The number of carbonyl (C=O) groups is 1. The molecule has 0 fully saturated rings. The van der Waals surface area contributed by atoms with Crippen LogP contribution in [0.15, 0.2) is 42.5 Å². The van der Waals surface area contributed by atoms with Crippen LogP contribution in [0, 0.1) is 11.8 Å². The van der Waals surface area contributed by atoms with Gasteiger partial charge in [-0.25, -0.2) is 0 Å². The Labute approximate surface area is 169 Å². The van der Waals surface area contributed by atoms with Crippen molar-refractivity contribution >= 4 is 17.6 Å². The van der Waals surface area contributed by atoms with Gasteiger partial charge in [0.1, 0.15) is 19.0 Å². The van der Waals surface area contributed by atoms with Crippen LogP contribution in [0.25, 0.3) is 0 Å². The first-order valence-corrected chi connectivity index (χ1v) is 9.27. The first-order valence-electron chi connectivity index (χ1n) is 8.90. The van der Waals surface area contributed by atoms with Gasteiger partial charge in [0, 0.05) is 11.1 Å². The maximum atomic E-state index is 11.6. The van der Waals surface area contributed by atoms with E-state index in [1.165, 1.54) is 7.11 Å². The first kappa shape index (κ1) is 19.9. The van der Waals surface area contributed by atoms with E-state index in [9.17, 15) is 4.79 Å². The molecule has 0 spiro atoms. The lowest BCUT2D eigenvalue weighted by Gasteiger charge is -2.26. The van der Waals surface area contributed by atoms with Crippen LogP contribution < -0.4 is 14.2 Å². The van der Waals surface area contributed by atoms with E-state index in [-0.39, 0.29) is 24.4 Å². The van der Waals surface area contributed by atoms with Gasteiger partial charge in [-0.15, -0.1) is 5.92 Å². The number of hydrogen-bond acceptors (Lipinski definition) is 5. The molecule has 1 aliphatic heterocycles. The van der Waals surface area contributed by atoms with Gasteiger partial charge >= 0.3 is 5.97 Å². The second-order valence-electron chi connectivity index (χ2n) is 6.25. The Hall–Kier alpha value is -2.84. The highest BCUT2D eigenvalue weighted by atomic mass is 35.5. The molecule has 2 aromatic carbocycles. The highest BCUT2D eigenvalue weighted by Crippen LogP contribution is 2.34. The molecule has 5 nitrogen and oxygen atoms in total. The number of benzene rings is 2. The smallest absolute Gasteiger partial charge is 0.307 e. The molecule has 1 aliphatic rings. The lowest BCUT2D eigenvalue weighted by Crippen LogP contribution is -2.34. The zero-order valence-electron chi connectivity index (χ0n) is 15.7. The molecule has 3 rings (SSSR count). The van der Waals surface area contributed by atoms with Gasteiger partial charge in [-0.1, -0.05) is 29.7 Å². The summed E-state index contributed by atoms with van der Waals surface area (Å²) in [5.74, 6) is 7.41. The summed E-state index contributed by atoms with van der Waals surface area (Å²) in [6, 6.07) is 12.8. The third kappa shape index (κ3) is 5.11. The molecular weight excluding hydrogens is 380 g/mol. The van der Waals surface area contributed by atoms with E-state index in [0.717, 1.165) is 5.56 Å². The Morgan fingerprint density at radius 1 is 1.25 bits per heavy atom. The normalized spacial score (nSPS) is 15.8. The fourth-order valence-corrected chi connectivity index (χ4v) is 2.99. The fraction of sp³-hybridized carbons (Fsp3) is 0.318. The zero-order chi connectivity index (χ0) is 19.9. The van der Waals surface area contributed by atoms with Gasteiger partial charge in [0.2, 0.25) is 0 Å². The molecule has 0 saturated heterocycles. The highest BCUT2D eigenvalue weighted by Gasteiger charge is 2.22. The van der Waals surface area contributed by atoms with Crippen molar-refractivity contribution in [2.45, 2.75) is 25.4 Å². The summed E-state index contributed by atoms with van der Waals surface area (Å²) in [7, 11) is 1.37. The third-order valence-corrected chi connectivity index (χ3v) is 4.49. The Balaban J connectivity index is 1.57. The fourth-order valence-electron chi connectivity index (χ4n) is 2.83. The van der Waals surface area contributed by atoms with Crippen LogP contribution in [-0.2, 0) is 9.53 Å². The quantitative estimate of drug-likeness (QED) is 0.536. The molecule has 6 heteroatoms. The number of carbonyl (C=O) groups excluding carboxylic acids is 1. The molecule has 2 aromatic rings. The molecule has 0 amide bonds. The largest absolute Gasteiger partial charge is 0.490 e. The van der Waals surface area contributed by atoms with Crippen LogP contribution in [-0.4, -0.2) is 32.4 Å². The van der Waals surface area contributed by atoms with Crippen LogP contribution in [0.4, 0.5) is 0 Å². The predicted molar refractivity (Wildman–Crippen MR) is 106 cm³/mol. The van der Waals surface area contributed by atoms with Crippen molar-refractivity contribution in [3.8, 4) is 29.1 Å². The summed E-state index contributed by atoms with van der Waals surface area (Å²) in [5.41, 5.74) is 0.940. The molecular formula is C22H21ClO5. The third-order valence-electron chi connectivity index (χ3n) is 4.26. The van der Waals surface area contributed by atoms with Gasteiger partial charge in [-0.3, -0.25) is 4.79 Å². The van der Waals surface area contributed by atoms with Crippen LogP contribution in [0.2, 0.25) is 5.02 Å². The lowest BCUT2D eigenvalue weighted by atomic mass is 9.96. The molecule has 146 valence electrons. The molecule has 0 aliphatic carbocycles. The van der Waals surface area contributed by atoms with Crippen LogP contribution in [0.3, 0.4) is 0 Å². The van der Waals surface area contributed by atoms with Crippen LogP contribution in [0.5, 0.6) is 17.2 Å². The number of rotatable bonds is 6. The molecule has 2 atom stereocenters. The minimum absolute atomic E-state index is 0.204. The summed E-state index contributed by atoms with van der Waals surface area (Å²) in [6.07, 6.45) is 0.000178. The Morgan fingerprint density at radius 3 is 2.75 bits per heavy atom. The Bertz CT molecular complexity index is 882. The number of esters is 1. The van der Waals surface area contributed by atoms with Crippen molar-refractivity contribution in [2.24, 2.45) is 0 Å². The second kappa shape index (κ2) is 9.38. The average Bonchev–Trinajstić information content (AvgIpc) is 2.72. The lowest BCUT2D eigenvalue weighted by molar-refractivity contribution is -0.140. The predicted octanol–water partition coefficient (Wildman–Crippen LogP) is 4.23. The van der Waals surface area contributed by atoms with Gasteiger partial charge in [-0.2, -0.15) is 0 Å². The van der Waals surface area contributed by atoms with Crippen LogP contribution >= 0.6 is 11.6 Å². The van der Waals surface area contributed by atoms with E-state index >= 15 is 0 Å². The minimum Gasteiger partial charge on any atom is -0.490 e. The standard InChI is InChI=1S/C22H21ClO5/c1-3-4-16(11-22(24)25-2)15-5-8-18(9-6-15)26-13-19-14-27-21-12-17(23)7-10-20(21)28-19/h5-10,12,16,19H,11,13-14H2,1-2H3/t16-,19-/m0/s1. The van der Waals surface area contributed by atoms with E-state index in [1.54, 1.807) is 25.1 Å². The van der Waals surface area contributed by atoms with Gasteiger partial charge in [0.05, 0.1) is 19.4 Å². The van der Waals surface area contributed by atoms with Crippen molar-refractivity contribution in [2.75, 3.05) is 20.3 Å². The van der Waals surface area contributed by atoms with E-state index in [0.29, 0.717) is 35.5 Å². The number of fused-ring (bicyclic) bond motifs is 1. The summed E-state index contributed by atoms with van der Waals surface area (Å²) < 4.78 is 22.1. The van der Waals surface area contributed by atoms with Gasteiger partial charge in [0.15, 0.2) is 17.6 Å². The Morgan fingerprint density at radius 2 is 2.04 bits per heavy atom. The molecule has 0 bridgehead atoms. The molecule has 1 heterocycles. The SMILES string of the molecule is CC#C[C@@H](CC(=O)OC)c1ccc(OC[C@H]2COc3cc(Cl)ccc3O2)cc1. The summed E-state index contributed by atoms with van der Waals surface area (Å²) in [6.45, 7) is 2.49. The van der Waals surface area contributed by atoms with Gasteiger partial charge < -0.3 is 18.9 Å². The van der Waals surface area contributed by atoms with Crippen molar-refractivity contribution < 1.29 is 23.7 Å². The van der Waals surface area contributed by atoms with E-state index < -0.39 is 0 Å². The average molecular weight is 401 g/mol. The molecule has 0 unspecified atom stereocenters.